The molecule has 3 aliphatic carbocycles. The highest BCUT2D eigenvalue weighted by Crippen LogP contribution is 2.62. The number of carbonyl (C=O) groups excluding carboxylic acids is 7. The summed E-state index contributed by atoms with van der Waals surface area (Å²) in [7, 11) is 0. The molecular formula is C38H48O14. The number of Topliss-reactive ketones (excluding diaryl/α,β-unsaturated/α-hetero) is 1. The van der Waals surface area contributed by atoms with Crippen molar-refractivity contribution < 1.29 is 67.1 Å². The van der Waals surface area contributed by atoms with E-state index in [4.69, 9.17) is 28.4 Å². The monoisotopic (exact) mass is 728 g/mol. The summed E-state index contributed by atoms with van der Waals surface area (Å²) in [5.74, 6) is -10.2. The van der Waals surface area contributed by atoms with E-state index < -0.39 is 112 Å². The zero-order chi connectivity index (χ0) is 39.1. The Labute approximate surface area is 302 Å². The highest BCUT2D eigenvalue weighted by atomic mass is 16.6. The number of hydrogen-bond acceptors (Lipinski definition) is 14. The lowest BCUT2D eigenvalue weighted by Crippen LogP contribution is -2.65. The summed E-state index contributed by atoms with van der Waals surface area (Å²) in [5, 5.41) is 13.0. The lowest BCUT2D eigenvalue weighted by molar-refractivity contribution is -0.233. The highest BCUT2D eigenvalue weighted by molar-refractivity contribution is 5.90. The number of rotatable bonds is 7. The van der Waals surface area contributed by atoms with Crippen LogP contribution in [0.3, 0.4) is 0 Å². The number of ketones is 1. The number of esters is 6. The fraction of sp³-hybridized carbons (Fsp3) is 0.605. The predicted molar refractivity (Wildman–Crippen MR) is 180 cm³/mol. The van der Waals surface area contributed by atoms with Crippen LogP contribution in [0.25, 0.3) is 0 Å². The first-order chi connectivity index (χ1) is 24.1. The van der Waals surface area contributed by atoms with Crippen LogP contribution in [-0.2, 0) is 57.2 Å². The molecule has 1 N–H and O–H groups in total. The molecular weight excluding hydrogens is 680 g/mol. The van der Waals surface area contributed by atoms with Gasteiger partial charge in [-0.15, -0.1) is 0 Å². The van der Waals surface area contributed by atoms with Crippen LogP contribution in [0.1, 0.15) is 85.5 Å². The summed E-state index contributed by atoms with van der Waals surface area (Å²) in [6.07, 6.45) is -8.54. The van der Waals surface area contributed by atoms with Crippen molar-refractivity contribution in [1.29, 1.82) is 0 Å². The highest BCUT2D eigenvalue weighted by Gasteiger charge is 2.75. The molecule has 0 unspecified atom stereocenters. The number of aliphatic hydroxyl groups is 1. The van der Waals surface area contributed by atoms with Gasteiger partial charge < -0.3 is 33.5 Å². The van der Waals surface area contributed by atoms with E-state index in [-0.39, 0.29) is 24.0 Å². The minimum absolute atomic E-state index is 0.0771. The van der Waals surface area contributed by atoms with Crippen LogP contribution in [0.5, 0.6) is 0 Å². The Balaban J connectivity index is 2.16. The third-order valence-electron chi connectivity index (χ3n) is 10.9. The van der Waals surface area contributed by atoms with E-state index in [0.29, 0.717) is 0 Å². The summed E-state index contributed by atoms with van der Waals surface area (Å²) >= 11 is 0. The number of ether oxygens (including phenoxy) is 6. The largest absolute Gasteiger partial charge is 0.462 e. The van der Waals surface area contributed by atoms with Gasteiger partial charge in [-0.3, -0.25) is 28.8 Å². The van der Waals surface area contributed by atoms with Gasteiger partial charge in [0.25, 0.3) is 0 Å². The van der Waals surface area contributed by atoms with Crippen LogP contribution in [0.4, 0.5) is 0 Å². The maximum atomic E-state index is 14.5. The van der Waals surface area contributed by atoms with Crippen LogP contribution >= 0.6 is 0 Å². The molecule has 284 valence electrons. The number of hydrogen-bond donors (Lipinski definition) is 1. The lowest BCUT2D eigenvalue weighted by atomic mass is 9.66. The Kier molecular flexibility index (Phi) is 11.4. The molecule has 0 aliphatic heterocycles. The van der Waals surface area contributed by atoms with Crippen molar-refractivity contribution in [1.82, 2.24) is 0 Å². The van der Waals surface area contributed by atoms with Gasteiger partial charge in [-0.05, 0) is 30.9 Å². The lowest BCUT2D eigenvalue weighted by Gasteiger charge is -2.50. The fourth-order valence-electron chi connectivity index (χ4n) is 8.68. The van der Waals surface area contributed by atoms with Crippen molar-refractivity contribution in [3.8, 4) is 0 Å². The SMILES string of the molecule is C=C1[C@H](OC(C)=O)[C@@H](OC(=O)c2ccccc2)[C@@H](OC(C)=O)C(C)(C)[C@@H]2C[C@](O)([C@H](C)C2=O)[C@]2(OC(C)=O)C[C@@H](C)[C@H](OC(C)=O)[C@@H]2[C@H]1OC(C)=O. The molecule has 0 spiro atoms. The van der Waals surface area contributed by atoms with E-state index in [9.17, 15) is 38.7 Å². The second kappa shape index (κ2) is 14.8. The zero-order valence-corrected chi connectivity index (χ0v) is 31.0. The molecule has 4 rings (SSSR count). The van der Waals surface area contributed by atoms with Crippen LogP contribution in [0, 0.1) is 29.1 Å². The van der Waals surface area contributed by atoms with Gasteiger partial charge >= 0.3 is 35.8 Å². The molecule has 0 heterocycles. The van der Waals surface area contributed by atoms with E-state index in [1.807, 2.05) is 0 Å². The summed E-state index contributed by atoms with van der Waals surface area (Å²) < 4.78 is 35.8. The Bertz CT molecular complexity index is 1630. The Morgan fingerprint density at radius 1 is 0.731 bits per heavy atom. The van der Waals surface area contributed by atoms with Gasteiger partial charge in [0.2, 0.25) is 0 Å². The predicted octanol–water partition coefficient (Wildman–Crippen LogP) is 3.45. The third-order valence-corrected chi connectivity index (χ3v) is 10.9. The molecule has 0 aromatic heterocycles. The molecule has 3 saturated carbocycles. The Morgan fingerprint density at radius 2 is 1.27 bits per heavy atom. The molecule has 52 heavy (non-hydrogen) atoms. The smallest absolute Gasteiger partial charge is 0.338 e. The van der Waals surface area contributed by atoms with Crippen LogP contribution < -0.4 is 0 Å². The molecule has 14 nitrogen and oxygen atoms in total. The van der Waals surface area contributed by atoms with Crippen molar-refractivity contribution in [3.05, 3.63) is 48.0 Å². The molecule has 3 aliphatic rings. The summed E-state index contributed by atoms with van der Waals surface area (Å²) in [4.78, 5) is 92.9. The quantitative estimate of drug-likeness (QED) is 0.244. The standard InChI is InChI=1S/C38H48O14/c1-18-16-38(52-25(8)43)28(30(18)47-21(4)39)31(48-22(5)40)19(2)32(49-23(6)41)33(51-35(45)26-14-12-11-13-15-26)34(50-24(7)42)36(9,10)27-17-37(38,46)20(3)29(27)44/h11-15,18,20,27-28,30-34,46H,2,16-17H2,1,3-10H3/t18-,20-,27-,28-,30+,31+,32+,33-,34-,37+,38+/m1/s1. The maximum absolute atomic E-state index is 14.5. The molecule has 0 radical (unpaired) electrons. The minimum Gasteiger partial charge on any atom is -0.462 e. The number of fused-ring (bicyclic) bond motifs is 4. The van der Waals surface area contributed by atoms with E-state index in [1.165, 1.54) is 19.1 Å². The molecule has 0 saturated heterocycles. The van der Waals surface area contributed by atoms with E-state index in [2.05, 4.69) is 6.58 Å². The molecule has 1 aromatic rings. The van der Waals surface area contributed by atoms with E-state index in [1.54, 1.807) is 39.0 Å². The molecule has 0 amide bonds. The molecule has 11 atom stereocenters. The number of benzene rings is 1. The van der Waals surface area contributed by atoms with Gasteiger partial charge in [-0.2, -0.15) is 0 Å². The van der Waals surface area contributed by atoms with Gasteiger partial charge in [0.15, 0.2) is 17.8 Å². The first-order valence-electron chi connectivity index (χ1n) is 17.2. The second-order valence-electron chi connectivity index (χ2n) is 14.8. The molecule has 14 heteroatoms. The Hall–Kier alpha value is -4.59. The van der Waals surface area contributed by atoms with Gasteiger partial charge in [0, 0.05) is 57.4 Å². The average molecular weight is 729 g/mol. The van der Waals surface area contributed by atoms with Gasteiger partial charge in [0.1, 0.15) is 29.7 Å². The fourth-order valence-corrected chi connectivity index (χ4v) is 8.68. The van der Waals surface area contributed by atoms with E-state index >= 15 is 0 Å². The molecule has 3 fully saturated rings. The van der Waals surface area contributed by atoms with Gasteiger partial charge in [-0.1, -0.05) is 52.5 Å². The molecule has 2 bridgehead atoms. The van der Waals surface area contributed by atoms with Crippen molar-refractivity contribution in [3.63, 3.8) is 0 Å². The minimum atomic E-state index is -2.21. The summed E-state index contributed by atoms with van der Waals surface area (Å²) in [6.45, 7) is 16.0. The van der Waals surface area contributed by atoms with Crippen molar-refractivity contribution in [2.45, 2.75) is 117 Å². The summed E-state index contributed by atoms with van der Waals surface area (Å²) in [5.41, 5.74) is -5.96. The van der Waals surface area contributed by atoms with Gasteiger partial charge in [0.05, 0.1) is 11.5 Å². The van der Waals surface area contributed by atoms with Crippen molar-refractivity contribution in [2.75, 3.05) is 0 Å². The second-order valence-corrected chi connectivity index (χ2v) is 14.8. The first-order valence-corrected chi connectivity index (χ1v) is 17.2. The van der Waals surface area contributed by atoms with Crippen LogP contribution in [-0.4, -0.2) is 88.4 Å². The van der Waals surface area contributed by atoms with Crippen molar-refractivity contribution >= 4 is 41.6 Å². The maximum Gasteiger partial charge on any atom is 0.338 e. The molecule has 1 aromatic carbocycles. The van der Waals surface area contributed by atoms with Gasteiger partial charge in [-0.25, -0.2) is 4.79 Å². The zero-order valence-electron chi connectivity index (χ0n) is 31.0. The topological polar surface area (TPSA) is 195 Å². The average Bonchev–Trinajstić information content (AvgIpc) is 3.45. The normalized spacial score (nSPS) is 35.2. The number of carbonyl (C=O) groups is 7. The van der Waals surface area contributed by atoms with Crippen LogP contribution in [0.15, 0.2) is 42.5 Å². The first kappa shape index (κ1) is 40.2. The van der Waals surface area contributed by atoms with E-state index in [0.717, 1.165) is 34.6 Å². The third kappa shape index (κ3) is 7.22. The van der Waals surface area contributed by atoms with Crippen LogP contribution in [0.2, 0.25) is 0 Å². The van der Waals surface area contributed by atoms with Crippen molar-refractivity contribution in [2.24, 2.45) is 29.1 Å². The Morgan fingerprint density at radius 3 is 1.79 bits per heavy atom. The summed E-state index contributed by atoms with van der Waals surface area (Å²) in [6, 6.07) is 7.79.